The van der Waals surface area contributed by atoms with Crippen LogP contribution in [0.3, 0.4) is 0 Å². The lowest BCUT2D eigenvalue weighted by molar-refractivity contribution is -0.117. The van der Waals surface area contributed by atoms with Gasteiger partial charge in [-0.05, 0) is 60.8 Å². The summed E-state index contributed by atoms with van der Waals surface area (Å²) in [4.78, 5) is 12.9. The Morgan fingerprint density at radius 1 is 0.920 bits per heavy atom. The predicted octanol–water partition coefficient (Wildman–Crippen LogP) is 5.63. The maximum Gasteiger partial charge on any atom is 0.228 e. The van der Waals surface area contributed by atoms with Crippen LogP contribution in [0.2, 0.25) is 0 Å². The topological polar surface area (TPSA) is 29.1 Å². The molecule has 0 unspecified atom stereocenters. The Bertz CT molecular complexity index is 821. The number of hydrogen-bond donors (Lipinski definition) is 1. The molecule has 1 amide bonds. The summed E-state index contributed by atoms with van der Waals surface area (Å²) in [6, 6.07) is 14.3. The normalized spacial score (nSPS) is 35.0. The van der Waals surface area contributed by atoms with Gasteiger partial charge in [0.2, 0.25) is 5.91 Å². The zero-order chi connectivity index (χ0) is 17.2. The molecule has 0 radical (unpaired) electrons. The molecule has 0 bridgehead atoms. The van der Waals surface area contributed by atoms with E-state index in [9.17, 15) is 4.79 Å². The summed E-state index contributed by atoms with van der Waals surface area (Å²) in [5, 5.41) is 5.45. The Hall–Kier alpha value is -1.25. The lowest BCUT2D eigenvalue weighted by Crippen LogP contribution is -2.16. The van der Waals surface area contributed by atoms with E-state index in [1.807, 2.05) is 24.3 Å². The van der Waals surface area contributed by atoms with E-state index >= 15 is 0 Å². The third-order valence-electron chi connectivity index (χ3n) is 6.67. The number of carbonyl (C=O) groups excluding carboxylic acids is 1. The fourth-order valence-electron chi connectivity index (χ4n) is 5.16. The van der Waals surface area contributed by atoms with Crippen molar-refractivity contribution in [3.05, 3.63) is 42.5 Å². The number of nitrogens with one attached hydrogen (secondary N) is 1. The van der Waals surface area contributed by atoms with Crippen molar-refractivity contribution in [2.45, 2.75) is 30.0 Å². The second kappa shape index (κ2) is 5.62. The largest absolute Gasteiger partial charge is 0.325 e. The molecular formula is C21H21Cl2NO. The summed E-state index contributed by atoms with van der Waals surface area (Å²) < 4.78 is -0.489. The van der Waals surface area contributed by atoms with Crippen LogP contribution in [0.15, 0.2) is 42.5 Å². The van der Waals surface area contributed by atoms with E-state index in [1.165, 1.54) is 0 Å². The van der Waals surface area contributed by atoms with Gasteiger partial charge in [0.1, 0.15) is 4.33 Å². The highest BCUT2D eigenvalue weighted by molar-refractivity contribution is 6.51. The minimum Gasteiger partial charge on any atom is -0.325 e. The van der Waals surface area contributed by atoms with Crippen LogP contribution >= 0.6 is 23.2 Å². The van der Waals surface area contributed by atoms with Crippen LogP contribution in [0.4, 0.5) is 5.69 Å². The van der Waals surface area contributed by atoms with Gasteiger partial charge in [-0.25, -0.2) is 0 Å². The molecule has 4 heteroatoms. The number of fused-ring (bicyclic) bond motifs is 3. The van der Waals surface area contributed by atoms with Gasteiger partial charge in [-0.1, -0.05) is 36.4 Å². The number of alkyl halides is 2. The molecule has 2 aromatic rings. The number of amides is 1. The van der Waals surface area contributed by atoms with Gasteiger partial charge < -0.3 is 5.32 Å². The van der Waals surface area contributed by atoms with Crippen LogP contribution < -0.4 is 5.32 Å². The lowest BCUT2D eigenvalue weighted by atomic mass is 10.0. The Morgan fingerprint density at radius 2 is 1.56 bits per heavy atom. The number of benzene rings is 2. The molecular weight excluding hydrogens is 353 g/mol. The number of anilines is 1. The number of carbonyl (C=O) groups is 1. The summed E-state index contributed by atoms with van der Waals surface area (Å²) in [5.74, 6) is 2.26. The minimum atomic E-state index is -0.489. The average molecular weight is 374 g/mol. The highest BCUT2D eigenvalue weighted by Crippen LogP contribution is 2.67. The van der Waals surface area contributed by atoms with Crippen molar-refractivity contribution in [1.82, 2.24) is 0 Å². The Kier molecular flexibility index (Phi) is 3.59. The van der Waals surface area contributed by atoms with E-state index in [4.69, 9.17) is 23.2 Å². The van der Waals surface area contributed by atoms with E-state index in [-0.39, 0.29) is 11.8 Å². The molecule has 3 aliphatic carbocycles. The summed E-state index contributed by atoms with van der Waals surface area (Å²) >= 11 is 12.7. The van der Waals surface area contributed by atoms with Crippen molar-refractivity contribution in [3.63, 3.8) is 0 Å². The first-order valence-electron chi connectivity index (χ1n) is 9.24. The van der Waals surface area contributed by atoms with E-state index in [0.29, 0.717) is 23.7 Å². The van der Waals surface area contributed by atoms with Gasteiger partial charge in [-0.2, -0.15) is 0 Å². The third kappa shape index (κ3) is 2.57. The van der Waals surface area contributed by atoms with Crippen LogP contribution in [0, 0.1) is 29.6 Å². The molecule has 5 rings (SSSR count). The molecule has 0 heterocycles. The van der Waals surface area contributed by atoms with Gasteiger partial charge in [0.25, 0.3) is 0 Å². The minimum absolute atomic E-state index is 0.163. The Labute approximate surface area is 157 Å². The van der Waals surface area contributed by atoms with Crippen molar-refractivity contribution < 1.29 is 4.79 Å². The van der Waals surface area contributed by atoms with Crippen LogP contribution in [-0.2, 0) is 4.79 Å². The van der Waals surface area contributed by atoms with Crippen molar-refractivity contribution in [3.8, 4) is 0 Å². The molecule has 1 N–H and O–H groups in total. The predicted molar refractivity (Wildman–Crippen MR) is 103 cm³/mol. The quantitative estimate of drug-likeness (QED) is 0.678. The third-order valence-corrected chi connectivity index (χ3v) is 7.79. The van der Waals surface area contributed by atoms with Gasteiger partial charge >= 0.3 is 0 Å². The van der Waals surface area contributed by atoms with Crippen LogP contribution in [0.1, 0.15) is 25.7 Å². The Morgan fingerprint density at radius 3 is 2.28 bits per heavy atom. The highest BCUT2D eigenvalue weighted by atomic mass is 35.5. The maximum atomic E-state index is 12.9. The summed E-state index contributed by atoms with van der Waals surface area (Å²) in [7, 11) is 0. The molecule has 0 aliphatic heterocycles. The standard InChI is InChI=1S/C21H21Cl2NO/c22-21(23)16-10-8-14-15(9-11-17(16)21)19(14)20(25)24-18-7-3-5-12-4-1-2-6-13(12)18/h1-7,14-17,19H,8-11H2,(H,24,25)/t14-,15-,16-,17-/m1/s1. The number of hydrogen-bond acceptors (Lipinski definition) is 1. The molecule has 0 spiro atoms. The summed E-state index contributed by atoms with van der Waals surface area (Å²) in [6.07, 6.45) is 4.30. The molecule has 130 valence electrons. The molecule has 3 fully saturated rings. The second-order valence-electron chi connectivity index (χ2n) is 7.91. The van der Waals surface area contributed by atoms with E-state index in [1.54, 1.807) is 0 Å². The van der Waals surface area contributed by atoms with Crippen LogP contribution in [0.25, 0.3) is 10.8 Å². The highest BCUT2D eigenvalue weighted by Gasteiger charge is 2.65. The zero-order valence-electron chi connectivity index (χ0n) is 13.9. The van der Waals surface area contributed by atoms with Gasteiger partial charge in [0, 0.05) is 17.0 Å². The van der Waals surface area contributed by atoms with E-state index in [2.05, 4.69) is 23.5 Å². The Balaban J connectivity index is 1.30. The molecule has 2 nitrogen and oxygen atoms in total. The second-order valence-corrected chi connectivity index (χ2v) is 9.36. The van der Waals surface area contributed by atoms with Crippen molar-refractivity contribution >= 4 is 45.6 Å². The first-order valence-corrected chi connectivity index (χ1v) is 9.99. The first kappa shape index (κ1) is 16.0. The monoisotopic (exact) mass is 373 g/mol. The van der Waals surface area contributed by atoms with Gasteiger partial charge in [0.05, 0.1) is 0 Å². The van der Waals surface area contributed by atoms with Crippen LogP contribution in [0.5, 0.6) is 0 Å². The smallest absolute Gasteiger partial charge is 0.228 e. The zero-order valence-corrected chi connectivity index (χ0v) is 15.4. The molecule has 4 atom stereocenters. The van der Waals surface area contributed by atoms with E-state index < -0.39 is 4.33 Å². The van der Waals surface area contributed by atoms with Crippen LogP contribution in [-0.4, -0.2) is 10.2 Å². The first-order chi connectivity index (χ1) is 12.1. The van der Waals surface area contributed by atoms with Crippen molar-refractivity contribution in [1.29, 1.82) is 0 Å². The SMILES string of the molecule is O=C(Nc1cccc2ccccc12)C1[C@@H]2CC[C@@H]3[C@@H](CC[C@@H]12)C3(Cl)Cl. The fraction of sp³-hybridized carbons (Fsp3) is 0.476. The lowest BCUT2D eigenvalue weighted by Gasteiger charge is -2.09. The van der Waals surface area contributed by atoms with E-state index in [0.717, 1.165) is 42.1 Å². The van der Waals surface area contributed by atoms with Gasteiger partial charge in [0.15, 0.2) is 0 Å². The average Bonchev–Trinajstić information content (AvgIpc) is 3.40. The molecule has 3 aliphatic rings. The maximum absolute atomic E-state index is 12.9. The van der Waals surface area contributed by atoms with Crippen molar-refractivity contribution in [2.24, 2.45) is 29.6 Å². The number of rotatable bonds is 2. The summed E-state index contributed by atoms with van der Waals surface area (Å²) in [5.41, 5.74) is 0.922. The summed E-state index contributed by atoms with van der Waals surface area (Å²) in [6.45, 7) is 0. The molecule has 0 aromatic heterocycles. The van der Waals surface area contributed by atoms with Gasteiger partial charge in [-0.3, -0.25) is 4.79 Å². The van der Waals surface area contributed by atoms with Gasteiger partial charge in [-0.15, -0.1) is 23.2 Å². The van der Waals surface area contributed by atoms with Crippen molar-refractivity contribution in [2.75, 3.05) is 5.32 Å². The molecule has 25 heavy (non-hydrogen) atoms. The molecule has 3 saturated carbocycles. The molecule has 2 aromatic carbocycles. The molecule has 0 saturated heterocycles. The fourth-order valence-corrected chi connectivity index (χ4v) is 6.08. The number of halogens is 2.